The van der Waals surface area contributed by atoms with Gasteiger partial charge in [0.25, 0.3) is 0 Å². The minimum Gasteiger partial charge on any atom is -0.310 e. The second-order valence-electron chi connectivity index (χ2n) is 3.89. The number of hydrogen-bond donors (Lipinski definition) is 1. The average molecular weight is 239 g/mol. The van der Waals surface area contributed by atoms with E-state index in [2.05, 4.69) is 41.1 Å². The van der Waals surface area contributed by atoms with Gasteiger partial charge in [0.1, 0.15) is 5.01 Å². The van der Waals surface area contributed by atoms with Gasteiger partial charge in [-0.15, -0.1) is 17.9 Å². The summed E-state index contributed by atoms with van der Waals surface area (Å²) >= 11 is 1.73. The molecule has 3 nitrogen and oxygen atoms in total. The quantitative estimate of drug-likeness (QED) is 0.557. The van der Waals surface area contributed by atoms with Gasteiger partial charge < -0.3 is 5.32 Å². The molecule has 4 heteroatoms. The standard InChI is InChI=1S/C12H21N3S/c1-4-6-13-8-12-14-11(10-16-12)9-15(3)7-5-2/h5,10,13H,2,4,6-9H2,1,3H3. The van der Waals surface area contributed by atoms with Gasteiger partial charge in [-0.2, -0.15) is 0 Å². The lowest BCUT2D eigenvalue weighted by atomic mass is 10.4. The third kappa shape index (κ3) is 4.88. The zero-order chi connectivity index (χ0) is 11.8. The molecule has 0 spiro atoms. The van der Waals surface area contributed by atoms with Crippen molar-refractivity contribution in [1.82, 2.24) is 15.2 Å². The van der Waals surface area contributed by atoms with Crippen LogP contribution in [0.15, 0.2) is 18.0 Å². The summed E-state index contributed by atoms with van der Waals surface area (Å²) < 4.78 is 0. The summed E-state index contributed by atoms with van der Waals surface area (Å²) in [6.07, 6.45) is 3.08. The lowest BCUT2D eigenvalue weighted by Crippen LogP contribution is -2.18. The summed E-state index contributed by atoms with van der Waals surface area (Å²) in [5.41, 5.74) is 1.16. The Kier molecular flexibility index (Phi) is 6.30. The Bertz CT molecular complexity index is 309. The molecule has 0 aliphatic heterocycles. The zero-order valence-corrected chi connectivity index (χ0v) is 11.0. The number of likely N-dealkylation sites (N-methyl/N-ethyl adjacent to an activating group) is 1. The Morgan fingerprint density at radius 1 is 1.62 bits per heavy atom. The largest absolute Gasteiger partial charge is 0.310 e. The summed E-state index contributed by atoms with van der Waals surface area (Å²) in [4.78, 5) is 6.78. The van der Waals surface area contributed by atoms with Crippen molar-refractivity contribution in [1.29, 1.82) is 0 Å². The van der Waals surface area contributed by atoms with Gasteiger partial charge in [-0.3, -0.25) is 4.90 Å². The molecule has 0 saturated heterocycles. The smallest absolute Gasteiger partial charge is 0.107 e. The number of hydrogen-bond acceptors (Lipinski definition) is 4. The Labute approximate surface area is 102 Å². The third-order valence-electron chi connectivity index (χ3n) is 2.17. The van der Waals surface area contributed by atoms with Gasteiger partial charge in [0, 0.05) is 25.0 Å². The molecule has 16 heavy (non-hydrogen) atoms. The highest BCUT2D eigenvalue weighted by Crippen LogP contribution is 2.11. The topological polar surface area (TPSA) is 28.2 Å². The normalized spacial score (nSPS) is 10.9. The molecular formula is C12H21N3S. The molecule has 0 saturated carbocycles. The highest BCUT2D eigenvalue weighted by molar-refractivity contribution is 7.09. The number of nitrogens with one attached hydrogen (secondary N) is 1. The molecule has 1 aromatic rings. The van der Waals surface area contributed by atoms with Crippen molar-refractivity contribution in [2.75, 3.05) is 20.1 Å². The zero-order valence-electron chi connectivity index (χ0n) is 10.2. The summed E-state index contributed by atoms with van der Waals surface area (Å²) in [5.74, 6) is 0. The summed E-state index contributed by atoms with van der Waals surface area (Å²) in [6, 6.07) is 0. The van der Waals surface area contributed by atoms with Gasteiger partial charge in [-0.05, 0) is 20.0 Å². The number of thiazole rings is 1. The summed E-state index contributed by atoms with van der Waals surface area (Å²) in [7, 11) is 2.08. The lowest BCUT2D eigenvalue weighted by molar-refractivity contribution is 0.359. The SMILES string of the molecule is C=CCN(C)Cc1csc(CNCCC)n1. The van der Waals surface area contributed by atoms with E-state index < -0.39 is 0 Å². The predicted molar refractivity (Wildman–Crippen MR) is 70.6 cm³/mol. The maximum atomic E-state index is 4.58. The van der Waals surface area contributed by atoms with Gasteiger partial charge in [0.05, 0.1) is 5.69 Å². The Balaban J connectivity index is 2.35. The lowest BCUT2D eigenvalue weighted by Gasteiger charge is -2.11. The van der Waals surface area contributed by atoms with Crippen LogP contribution in [-0.4, -0.2) is 30.0 Å². The molecule has 0 aliphatic carbocycles. The molecular weight excluding hydrogens is 218 g/mol. The van der Waals surface area contributed by atoms with E-state index in [-0.39, 0.29) is 0 Å². The van der Waals surface area contributed by atoms with Crippen LogP contribution in [0.1, 0.15) is 24.0 Å². The molecule has 1 N–H and O–H groups in total. The van der Waals surface area contributed by atoms with Crippen LogP contribution in [0.25, 0.3) is 0 Å². The monoisotopic (exact) mass is 239 g/mol. The highest BCUT2D eigenvalue weighted by Gasteiger charge is 2.03. The first kappa shape index (κ1) is 13.4. The van der Waals surface area contributed by atoms with Crippen molar-refractivity contribution in [3.05, 3.63) is 28.7 Å². The summed E-state index contributed by atoms with van der Waals surface area (Å²) in [5, 5.41) is 6.68. The maximum Gasteiger partial charge on any atom is 0.107 e. The van der Waals surface area contributed by atoms with Crippen LogP contribution >= 0.6 is 11.3 Å². The van der Waals surface area contributed by atoms with E-state index in [9.17, 15) is 0 Å². The average Bonchev–Trinajstić information content (AvgIpc) is 2.66. The number of rotatable bonds is 8. The van der Waals surface area contributed by atoms with Crippen LogP contribution in [0.5, 0.6) is 0 Å². The molecule has 0 aromatic carbocycles. The van der Waals surface area contributed by atoms with E-state index in [0.29, 0.717) is 0 Å². The molecule has 0 amide bonds. The highest BCUT2D eigenvalue weighted by atomic mass is 32.1. The Hall–Kier alpha value is -0.710. The number of aromatic nitrogens is 1. The third-order valence-corrected chi connectivity index (χ3v) is 3.07. The van der Waals surface area contributed by atoms with Crippen LogP contribution in [0.2, 0.25) is 0 Å². The second-order valence-corrected chi connectivity index (χ2v) is 4.84. The van der Waals surface area contributed by atoms with Gasteiger partial charge in [-0.1, -0.05) is 13.0 Å². The molecule has 1 heterocycles. The molecule has 0 bridgehead atoms. The first-order valence-corrected chi connectivity index (χ1v) is 6.57. The predicted octanol–water partition coefficient (Wildman–Crippen LogP) is 2.26. The fourth-order valence-corrected chi connectivity index (χ4v) is 2.19. The fourth-order valence-electron chi connectivity index (χ4n) is 1.44. The summed E-state index contributed by atoms with van der Waals surface area (Å²) in [6.45, 7) is 9.66. The molecule has 0 unspecified atom stereocenters. The van der Waals surface area contributed by atoms with E-state index in [0.717, 1.165) is 31.9 Å². The van der Waals surface area contributed by atoms with Crippen molar-refractivity contribution < 1.29 is 0 Å². The van der Waals surface area contributed by atoms with Crippen molar-refractivity contribution in [3.63, 3.8) is 0 Å². The van der Waals surface area contributed by atoms with E-state index >= 15 is 0 Å². The van der Waals surface area contributed by atoms with Crippen molar-refractivity contribution in [2.45, 2.75) is 26.4 Å². The van der Waals surface area contributed by atoms with E-state index in [1.54, 1.807) is 11.3 Å². The first-order chi connectivity index (χ1) is 7.76. The fraction of sp³-hybridized carbons (Fsp3) is 0.583. The molecule has 0 atom stereocenters. The van der Waals surface area contributed by atoms with Gasteiger partial charge in [-0.25, -0.2) is 4.98 Å². The van der Waals surface area contributed by atoms with Gasteiger partial charge in [0.15, 0.2) is 0 Å². The van der Waals surface area contributed by atoms with Gasteiger partial charge >= 0.3 is 0 Å². The van der Waals surface area contributed by atoms with Crippen LogP contribution in [0, 0.1) is 0 Å². The van der Waals surface area contributed by atoms with Crippen LogP contribution in [-0.2, 0) is 13.1 Å². The van der Waals surface area contributed by atoms with Crippen molar-refractivity contribution in [2.24, 2.45) is 0 Å². The minimum atomic E-state index is 0.893. The molecule has 1 rings (SSSR count). The second kappa shape index (κ2) is 7.54. The Morgan fingerprint density at radius 3 is 3.12 bits per heavy atom. The molecule has 90 valence electrons. The van der Waals surface area contributed by atoms with Crippen molar-refractivity contribution in [3.8, 4) is 0 Å². The van der Waals surface area contributed by atoms with Crippen LogP contribution in [0.3, 0.4) is 0 Å². The van der Waals surface area contributed by atoms with Crippen LogP contribution in [0.4, 0.5) is 0 Å². The maximum absolute atomic E-state index is 4.58. The van der Waals surface area contributed by atoms with Gasteiger partial charge in [0.2, 0.25) is 0 Å². The molecule has 1 aromatic heterocycles. The number of nitrogens with zero attached hydrogens (tertiary/aromatic N) is 2. The molecule has 0 radical (unpaired) electrons. The molecule has 0 aliphatic rings. The Morgan fingerprint density at radius 2 is 2.44 bits per heavy atom. The minimum absolute atomic E-state index is 0.893. The molecule has 0 fully saturated rings. The van der Waals surface area contributed by atoms with Crippen LogP contribution < -0.4 is 5.32 Å². The van der Waals surface area contributed by atoms with E-state index in [1.807, 2.05) is 6.08 Å². The van der Waals surface area contributed by atoms with Crippen molar-refractivity contribution >= 4 is 11.3 Å². The van der Waals surface area contributed by atoms with E-state index in [4.69, 9.17) is 0 Å². The first-order valence-electron chi connectivity index (χ1n) is 5.69. The van der Waals surface area contributed by atoms with E-state index in [1.165, 1.54) is 11.4 Å².